The van der Waals surface area contributed by atoms with E-state index >= 15 is 0 Å². The predicted molar refractivity (Wildman–Crippen MR) is 87.0 cm³/mol. The first kappa shape index (κ1) is 17.2. The molecule has 0 saturated heterocycles. The van der Waals surface area contributed by atoms with Crippen LogP contribution in [0.4, 0.5) is 0 Å². The van der Waals surface area contributed by atoms with Gasteiger partial charge in [0.25, 0.3) is 0 Å². The first-order valence-electron chi connectivity index (χ1n) is 8.28. The molecule has 1 aromatic heterocycles. The highest BCUT2D eigenvalue weighted by Crippen LogP contribution is 2.30. The highest BCUT2D eigenvalue weighted by Gasteiger charge is 2.22. The zero-order valence-electron chi connectivity index (χ0n) is 14.3. The van der Waals surface area contributed by atoms with Gasteiger partial charge in [-0.2, -0.15) is 5.10 Å². The van der Waals surface area contributed by atoms with Gasteiger partial charge in [0, 0.05) is 24.3 Å². The molecule has 1 rings (SSSR count). The van der Waals surface area contributed by atoms with Crippen LogP contribution < -0.4 is 5.32 Å². The molecule has 3 nitrogen and oxygen atoms in total. The van der Waals surface area contributed by atoms with Crippen molar-refractivity contribution < 1.29 is 0 Å². The number of aromatic nitrogens is 2. The van der Waals surface area contributed by atoms with Crippen LogP contribution in [0.1, 0.15) is 75.9 Å². The van der Waals surface area contributed by atoms with Crippen LogP contribution in [-0.4, -0.2) is 16.3 Å². The lowest BCUT2D eigenvalue weighted by molar-refractivity contribution is 0.355. The van der Waals surface area contributed by atoms with E-state index in [4.69, 9.17) is 0 Å². The monoisotopic (exact) mass is 279 g/mol. The highest BCUT2D eigenvalue weighted by atomic mass is 15.3. The van der Waals surface area contributed by atoms with Crippen molar-refractivity contribution in [3.63, 3.8) is 0 Å². The van der Waals surface area contributed by atoms with Gasteiger partial charge in [-0.3, -0.25) is 4.68 Å². The van der Waals surface area contributed by atoms with Gasteiger partial charge in [-0.25, -0.2) is 0 Å². The summed E-state index contributed by atoms with van der Waals surface area (Å²) in [5.41, 5.74) is 3.91. The van der Waals surface area contributed by atoms with E-state index in [1.165, 1.54) is 49.1 Å². The predicted octanol–water partition coefficient (Wildman–Crippen LogP) is 4.29. The van der Waals surface area contributed by atoms with E-state index < -0.39 is 0 Å². The normalized spacial score (nSPS) is 14.5. The maximum Gasteiger partial charge on any atom is 0.0644 e. The van der Waals surface area contributed by atoms with Gasteiger partial charge in [0.15, 0.2) is 0 Å². The Morgan fingerprint density at radius 2 is 1.90 bits per heavy atom. The highest BCUT2D eigenvalue weighted by molar-refractivity contribution is 5.28. The van der Waals surface area contributed by atoms with Crippen molar-refractivity contribution in [1.82, 2.24) is 15.1 Å². The van der Waals surface area contributed by atoms with E-state index in [2.05, 4.69) is 45.0 Å². The van der Waals surface area contributed by atoms with Crippen molar-refractivity contribution >= 4 is 0 Å². The summed E-state index contributed by atoms with van der Waals surface area (Å²) in [6.07, 6.45) is 6.51. The first-order valence-corrected chi connectivity index (χ1v) is 8.28. The van der Waals surface area contributed by atoms with Crippen molar-refractivity contribution in [1.29, 1.82) is 0 Å². The van der Waals surface area contributed by atoms with Crippen molar-refractivity contribution in [2.24, 2.45) is 13.0 Å². The molecule has 0 fully saturated rings. The Morgan fingerprint density at radius 3 is 2.35 bits per heavy atom. The number of hydrogen-bond donors (Lipinski definition) is 1. The van der Waals surface area contributed by atoms with Crippen molar-refractivity contribution in [3.8, 4) is 0 Å². The summed E-state index contributed by atoms with van der Waals surface area (Å²) in [6, 6.07) is 0.454. The molecule has 1 heterocycles. The average molecular weight is 279 g/mol. The molecule has 2 atom stereocenters. The second kappa shape index (κ2) is 8.46. The van der Waals surface area contributed by atoms with Crippen LogP contribution in [-0.2, 0) is 7.05 Å². The smallest absolute Gasteiger partial charge is 0.0644 e. The number of rotatable bonds is 9. The molecular weight excluding hydrogens is 246 g/mol. The molecule has 0 bridgehead atoms. The van der Waals surface area contributed by atoms with E-state index in [1.807, 2.05) is 11.7 Å². The molecule has 20 heavy (non-hydrogen) atoms. The van der Waals surface area contributed by atoms with Crippen molar-refractivity contribution in [2.45, 2.75) is 72.8 Å². The van der Waals surface area contributed by atoms with E-state index in [-0.39, 0.29) is 0 Å². The van der Waals surface area contributed by atoms with Crippen LogP contribution in [0.15, 0.2) is 0 Å². The fraction of sp³-hybridized carbons (Fsp3) is 0.824. The van der Waals surface area contributed by atoms with Gasteiger partial charge in [0.1, 0.15) is 0 Å². The molecule has 0 amide bonds. The zero-order valence-corrected chi connectivity index (χ0v) is 14.3. The summed E-state index contributed by atoms with van der Waals surface area (Å²) >= 11 is 0. The van der Waals surface area contributed by atoms with Crippen molar-refractivity contribution in [2.75, 3.05) is 6.54 Å². The molecule has 0 aliphatic heterocycles. The molecule has 0 saturated carbocycles. The summed E-state index contributed by atoms with van der Waals surface area (Å²) in [4.78, 5) is 0. The van der Waals surface area contributed by atoms with Crippen LogP contribution in [0.5, 0.6) is 0 Å². The SMILES string of the molecule is CCCCC(CC)CC(NCC)c1c(C)nn(C)c1C. The molecule has 2 unspecified atom stereocenters. The fourth-order valence-electron chi connectivity index (χ4n) is 3.16. The summed E-state index contributed by atoms with van der Waals surface area (Å²) in [5, 5.41) is 8.27. The molecule has 3 heteroatoms. The number of nitrogens with one attached hydrogen (secondary N) is 1. The maximum absolute atomic E-state index is 4.59. The lowest BCUT2D eigenvalue weighted by atomic mass is 9.88. The molecule has 1 aromatic rings. The standard InChI is InChI=1S/C17H33N3/c1-7-10-11-15(8-2)12-16(18-9-3)17-13(4)19-20(6)14(17)5/h15-16,18H,7-12H2,1-6H3. The van der Waals surface area contributed by atoms with Gasteiger partial charge in [-0.05, 0) is 32.7 Å². The van der Waals surface area contributed by atoms with Crippen LogP contribution in [0.2, 0.25) is 0 Å². The Balaban J connectivity index is 2.87. The molecule has 0 radical (unpaired) electrons. The van der Waals surface area contributed by atoms with Crippen LogP contribution in [0.25, 0.3) is 0 Å². The molecule has 1 N–H and O–H groups in total. The largest absolute Gasteiger partial charge is 0.310 e. The van der Waals surface area contributed by atoms with Crippen LogP contribution in [0.3, 0.4) is 0 Å². The third-order valence-electron chi connectivity index (χ3n) is 4.48. The van der Waals surface area contributed by atoms with Gasteiger partial charge >= 0.3 is 0 Å². The van der Waals surface area contributed by atoms with Gasteiger partial charge in [-0.15, -0.1) is 0 Å². The van der Waals surface area contributed by atoms with Gasteiger partial charge < -0.3 is 5.32 Å². The Hall–Kier alpha value is -0.830. The zero-order chi connectivity index (χ0) is 15.1. The van der Waals surface area contributed by atoms with E-state index in [0.717, 1.165) is 12.5 Å². The first-order chi connectivity index (χ1) is 9.54. The maximum atomic E-state index is 4.59. The lowest BCUT2D eigenvalue weighted by Gasteiger charge is -2.24. The molecule has 0 aromatic carbocycles. The Labute approximate surface area is 125 Å². The van der Waals surface area contributed by atoms with Crippen LogP contribution >= 0.6 is 0 Å². The van der Waals surface area contributed by atoms with Gasteiger partial charge in [0.05, 0.1) is 5.69 Å². The fourth-order valence-corrected chi connectivity index (χ4v) is 3.16. The minimum absolute atomic E-state index is 0.454. The third kappa shape index (κ3) is 4.34. The minimum Gasteiger partial charge on any atom is -0.310 e. The number of unbranched alkanes of at least 4 members (excludes halogenated alkanes) is 1. The van der Waals surface area contributed by atoms with Gasteiger partial charge in [0.2, 0.25) is 0 Å². The van der Waals surface area contributed by atoms with E-state index in [0.29, 0.717) is 6.04 Å². The lowest BCUT2D eigenvalue weighted by Crippen LogP contribution is -2.24. The minimum atomic E-state index is 0.454. The molecule has 0 aliphatic carbocycles. The van der Waals surface area contributed by atoms with Crippen molar-refractivity contribution in [3.05, 3.63) is 17.0 Å². The summed E-state index contributed by atoms with van der Waals surface area (Å²) < 4.78 is 2.02. The molecule has 0 spiro atoms. The van der Waals surface area contributed by atoms with E-state index in [9.17, 15) is 0 Å². The Kier molecular flexibility index (Phi) is 7.28. The quantitative estimate of drug-likeness (QED) is 0.730. The number of nitrogens with zero attached hydrogens (tertiary/aromatic N) is 2. The van der Waals surface area contributed by atoms with Gasteiger partial charge in [-0.1, -0.05) is 46.5 Å². The second-order valence-corrected chi connectivity index (χ2v) is 5.97. The Bertz CT molecular complexity index is 395. The number of aryl methyl sites for hydroxylation is 2. The third-order valence-corrected chi connectivity index (χ3v) is 4.48. The second-order valence-electron chi connectivity index (χ2n) is 5.97. The number of hydrogen-bond acceptors (Lipinski definition) is 2. The molecule has 116 valence electrons. The Morgan fingerprint density at radius 1 is 1.20 bits per heavy atom. The summed E-state index contributed by atoms with van der Waals surface area (Å²) in [6.45, 7) is 12.1. The topological polar surface area (TPSA) is 29.9 Å². The summed E-state index contributed by atoms with van der Waals surface area (Å²) in [7, 11) is 2.04. The molecular formula is C17H33N3. The molecule has 0 aliphatic rings. The van der Waals surface area contributed by atoms with Crippen LogP contribution in [0, 0.1) is 19.8 Å². The summed E-state index contributed by atoms with van der Waals surface area (Å²) in [5.74, 6) is 0.818. The average Bonchev–Trinajstić information content (AvgIpc) is 2.67. The van der Waals surface area contributed by atoms with E-state index in [1.54, 1.807) is 0 Å².